The summed E-state index contributed by atoms with van der Waals surface area (Å²) >= 11 is 0. The van der Waals surface area contributed by atoms with Crippen LogP contribution in [0.1, 0.15) is 17.3 Å². The zero-order valence-electron chi connectivity index (χ0n) is 14.0. The Bertz CT molecular complexity index is 921. The van der Waals surface area contributed by atoms with Gasteiger partial charge in [0, 0.05) is 18.4 Å². The lowest BCUT2D eigenvalue weighted by Crippen LogP contribution is -2.42. The SMILES string of the molecule is C=C1Nc2ncnn2[C@@H](c2ccccn2)[C@H]1C(=O)NCc1ccccc1. The number of nitrogens with zero attached hydrogens (tertiary/aromatic N) is 4. The van der Waals surface area contributed by atoms with E-state index in [1.54, 1.807) is 10.9 Å². The number of amides is 1. The minimum absolute atomic E-state index is 0.136. The minimum atomic E-state index is -0.553. The molecule has 0 bridgehead atoms. The lowest BCUT2D eigenvalue weighted by molar-refractivity contribution is -0.125. The molecule has 4 rings (SSSR count). The number of hydrogen-bond donors (Lipinski definition) is 2. The third kappa shape index (κ3) is 2.95. The van der Waals surface area contributed by atoms with E-state index in [2.05, 4.69) is 32.3 Å². The van der Waals surface area contributed by atoms with Crippen molar-refractivity contribution in [3.05, 3.63) is 84.6 Å². The van der Waals surface area contributed by atoms with Crippen molar-refractivity contribution in [2.75, 3.05) is 5.32 Å². The number of aromatic nitrogens is 4. The molecule has 0 aliphatic carbocycles. The van der Waals surface area contributed by atoms with Crippen LogP contribution in [0.3, 0.4) is 0 Å². The van der Waals surface area contributed by atoms with Gasteiger partial charge in [0.05, 0.1) is 5.69 Å². The van der Waals surface area contributed by atoms with Gasteiger partial charge in [0.2, 0.25) is 11.9 Å². The van der Waals surface area contributed by atoms with Gasteiger partial charge in [-0.2, -0.15) is 10.1 Å². The first-order valence-corrected chi connectivity index (χ1v) is 8.32. The number of nitrogens with one attached hydrogen (secondary N) is 2. The molecule has 1 amide bonds. The van der Waals surface area contributed by atoms with Crippen LogP contribution in [0.15, 0.2) is 73.3 Å². The fourth-order valence-electron chi connectivity index (χ4n) is 3.14. The average Bonchev–Trinajstić information content (AvgIpc) is 3.14. The van der Waals surface area contributed by atoms with Crippen molar-refractivity contribution >= 4 is 11.9 Å². The summed E-state index contributed by atoms with van der Waals surface area (Å²) < 4.78 is 1.68. The molecular weight excluding hydrogens is 328 g/mol. The Morgan fingerprint density at radius 2 is 1.96 bits per heavy atom. The zero-order chi connectivity index (χ0) is 17.9. The van der Waals surface area contributed by atoms with E-state index in [1.807, 2.05) is 48.5 Å². The molecule has 7 nitrogen and oxygen atoms in total. The molecule has 0 spiro atoms. The fraction of sp³-hybridized carbons (Fsp3) is 0.158. The summed E-state index contributed by atoms with van der Waals surface area (Å²) in [6.07, 6.45) is 3.16. The number of carbonyl (C=O) groups is 1. The number of carbonyl (C=O) groups excluding carboxylic acids is 1. The monoisotopic (exact) mass is 346 g/mol. The standard InChI is InChI=1S/C19H18N6O/c1-13-16(18(26)21-11-14-7-3-2-4-8-14)17(15-9-5-6-10-20-15)25-19(24-13)22-12-23-25/h2-10,12,16-17H,1,11H2,(H,21,26)(H,22,23,24)/t16-,17-/m0/s1. The van der Waals surface area contributed by atoms with E-state index >= 15 is 0 Å². The largest absolute Gasteiger partial charge is 0.351 e. The Morgan fingerprint density at radius 1 is 1.15 bits per heavy atom. The highest BCUT2D eigenvalue weighted by Gasteiger charge is 2.40. The molecule has 2 atom stereocenters. The summed E-state index contributed by atoms with van der Waals surface area (Å²) in [4.78, 5) is 21.6. The highest BCUT2D eigenvalue weighted by Crippen LogP contribution is 2.36. The fourth-order valence-corrected chi connectivity index (χ4v) is 3.14. The molecule has 0 saturated carbocycles. The quantitative estimate of drug-likeness (QED) is 0.756. The zero-order valence-corrected chi connectivity index (χ0v) is 14.0. The van der Waals surface area contributed by atoms with E-state index in [-0.39, 0.29) is 5.91 Å². The second kappa shape index (κ2) is 6.79. The topological polar surface area (TPSA) is 84.7 Å². The van der Waals surface area contributed by atoms with Gasteiger partial charge >= 0.3 is 0 Å². The molecule has 1 aromatic carbocycles. The number of fused-ring (bicyclic) bond motifs is 1. The number of anilines is 1. The Balaban J connectivity index is 1.64. The predicted molar refractivity (Wildman–Crippen MR) is 96.9 cm³/mol. The Labute approximate surface area is 150 Å². The van der Waals surface area contributed by atoms with Crippen molar-refractivity contribution in [3.63, 3.8) is 0 Å². The first-order chi connectivity index (χ1) is 12.7. The van der Waals surface area contributed by atoms with Gasteiger partial charge in [0.15, 0.2) is 0 Å². The van der Waals surface area contributed by atoms with Crippen LogP contribution < -0.4 is 10.6 Å². The number of benzene rings is 1. The highest BCUT2D eigenvalue weighted by atomic mass is 16.2. The molecule has 2 aromatic heterocycles. The maximum Gasteiger partial charge on any atom is 0.231 e. The summed E-state index contributed by atoms with van der Waals surface area (Å²) in [5.74, 6) is -0.135. The molecule has 0 unspecified atom stereocenters. The van der Waals surface area contributed by atoms with Crippen molar-refractivity contribution < 1.29 is 4.79 Å². The molecule has 0 saturated heterocycles. The number of rotatable bonds is 4. The van der Waals surface area contributed by atoms with Crippen molar-refractivity contribution in [2.24, 2.45) is 5.92 Å². The normalized spacial score (nSPS) is 18.7. The van der Waals surface area contributed by atoms with E-state index in [1.165, 1.54) is 6.33 Å². The van der Waals surface area contributed by atoms with Crippen molar-refractivity contribution in [3.8, 4) is 0 Å². The van der Waals surface area contributed by atoms with Gasteiger partial charge in [0.1, 0.15) is 18.3 Å². The summed E-state index contributed by atoms with van der Waals surface area (Å²) in [7, 11) is 0. The van der Waals surface area contributed by atoms with Crippen molar-refractivity contribution in [2.45, 2.75) is 12.6 Å². The maximum absolute atomic E-state index is 13.0. The molecule has 0 fully saturated rings. The molecule has 26 heavy (non-hydrogen) atoms. The minimum Gasteiger partial charge on any atom is -0.351 e. The Hall–Kier alpha value is -3.48. The molecule has 2 N–H and O–H groups in total. The molecule has 1 aliphatic rings. The summed E-state index contributed by atoms with van der Waals surface area (Å²) in [6, 6.07) is 15.0. The van der Waals surface area contributed by atoms with E-state index in [0.29, 0.717) is 18.2 Å². The van der Waals surface area contributed by atoms with Gasteiger partial charge in [-0.1, -0.05) is 43.0 Å². The Morgan fingerprint density at radius 3 is 2.73 bits per heavy atom. The second-order valence-electron chi connectivity index (χ2n) is 6.06. The van der Waals surface area contributed by atoms with Crippen LogP contribution in [0.25, 0.3) is 0 Å². The first-order valence-electron chi connectivity index (χ1n) is 8.32. The highest BCUT2D eigenvalue weighted by molar-refractivity contribution is 5.83. The van der Waals surface area contributed by atoms with E-state index in [0.717, 1.165) is 11.3 Å². The van der Waals surface area contributed by atoms with Crippen LogP contribution in [0, 0.1) is 5.92 Å². The molecule has 1 aliphatic heterocycles. The molecule has 3 aromatic rings. The van der Waals surface area contributed by atoms with Gasteiger partial charge in [-0.3, -0.25) is 9.78 Å². The van der Waals surface area contributed by atoms with Crippen LogP contribution in [0.2, 0.25) is 0 Å². The summed E-state index contributed by atoms with van der Waals surface area (Å²) in [5, 5.41) is 10.3. The smallest absolute Gasteiger partial charge is 0.231 e. The first kappa shape index (κ1) is 16.0. The van der Waals surface area contributed by atoms with Gasteiger partial charge in [-0.15, -0.1) is 0 Å². The van der Waals surface area contributed by atoms with Crippen molar-refractivity contribution in [1.82, 2.24) is 25.1 Å². The molecular formula is C19H18N6O. The van der Waals surface area contributed by atoms with E-state index in [9.17, 15) is 4.79 Å². The third-order valence-corrected chi connectivity index (χ3v) is 4.38. The van der Waals surface area contributed by atoms with E-state index in [4.69, 9.17) is 0 Å². The number of pyridine rings is 1. The van der Waals surface area contributed by atoms with Crippen LogP contribution in [0.4, 0.5) is 5.95 Å². The number of hydrogen-bond acceptors (Lipinski definition) is 5. The van der Waals surface area contributed by atoms with Crippen LogP contribution in [-0.2, 0) is 11.3 Å². The Kier molecular flexibility index (Phi) is 4.18. The maximum atomic E-state index is 13.0. The van der Waals surface area contributed by atoms with Crippen LogP contribution in [-0.4, -0.2) is 25.7 Å². The average molecular weight is 346 g/mol. The second-order valence-corrected chi connectivity index (χ2v) is 6.06. The third-order valence-electron chi connectivity index (χ3n) is 4.38. The lowest BCUT2D eigenvalue weighted by Gasteiger charge is -2.33. The predicted octanol–water partition coefficient (Wildman–Crippen LogP) is 2.13. The van der Waals surface area contributed by atoms with Crippen LogP contribution >= 0.6 is 0 Å². The van der Waals surface area contributed by atoms with Crippen molar-refractivity contribution in [1.29, 1.82) is 0 Å². The lowest BCUT2D eigenvalue weighted by atomic mass is 9.91. The summed E-state index contributed by atoms with van der Waals surface area (Å²) in [5.41, 5.74) is 2.35. The van der Waals surface area contributed by atoms with Gasteiger partial charge < -0.3 is 10.6 Å². The van der Waals surface area contributed by atoms with Gasteiger partial charge in [-0.05, 0) is 17.7 Å². The molecule has 3 heterocycles. The molecule has 0 radical (unpaired) electrons. The van der Waals surface area contributed by atoms with Gasteiger partial charge in [0.25, 0.3) is 0 Å². The van der Waals surface area contributed by atoms with Gasteiger partial charge in [-0.25, -0.2) is 4.68 Å². The summed E-state index contributed by atoms with van der Waals surface area (Å²) in [6.45, 7) is 4.49. The van der Waals surface area contributed by atoms with E-state index < -0.39 is 12.0 Å². The van der Waals surface area contributed by atoms with Crippen LogP contribution in [0.5, 0.6) is 0 Å². The molecule has 130 valence electrons. The molecule has 7 heteroatoms.